The maximum atomic E-state index is 11.9. The number of ether oxygens (including phenoxy) is 1. The molecule has 1 amide bonds. The van der Waals surface area contributed by atoms with Crippen molar-refractivity contribution in [2.24, 2.45) is 0 Å². The average molecular weight is 347 g/mol. The first-order valence-electron chi connectivity index (χ1n) is 7.93. The van der Waals surface area contributed by atoms with Gasteiger partial charge in [-0.05, 0) is 32.1 Å². The molecule has 0 saturated carbocycles. The molecular formula is C17H21N3O3S. The highest BCUT2D eigenvalue weighted by Crippen LogP contribution is 2.19. The smallest absolute Gasteiger partial charge is 0.250 e. The van der Waals surface area contributed by atoms with Crippen molar-refractivity contribution in [3.05, 3.63) is 41.3 Å². The zero-order valence-electron chi connectivity index (χ0n) is 13.8. The van der Waals surface area contributed by atoms with Gasteiger partial charge in [-0.3, -0.25) is 15.0 Å². The molecule has 7 heteroatoms. The molecule has 2 atom stereocenters. The van der Waals surface area contributed by atoms with Gasteiger partial charge < -0.3 is 9.15 Å². The molecule has 0 aliphatic carbocycles. The van der Waals surface area contributed by atoms with Crippen LogP contribution in [0.1, 0.15) is 25.3 Å². The van der Waals surface area contributed by atoms with Gasteiger partial charge in [-0.1, -0.05) is 0 Å². The minimum absolute atomic E-state index is 0.221. The highest BCUT2D eigenvalue weighted by molar-refractivity contribution is 7.13. The molecule has 3 rings (SSSR count). The predicted molar refractivity (Wildman–Crippen MR) is 93.8 cm³/mol. The van der Waals surface area contributed by atoms with Gasteiger partial charge in [-0.25, -0.2) is 4.98 Å². The lowest BCUT2D eigenvalue weighted by Crippen LogP contribution is -2.44. The van der Waals surface area contributed by atoms with Crippen molar-refractivity contribution < 1.29 is 13.9 Å². The highest BCUT2D eigenvalue weighted by atomic mass is 32.1. The molecule has 6 nitrogen and oxygen atoms in total. The Kier molecular flexibility index (Phi) is 5.44. The van der Waals surface area contributed by atoms with Crippen LogP contribution in [-0.2, 0) is 16.1 Å². The van der Waals surface area contributed by atoms with Gasteiger partial charge in [0.25, 0.3) is 0 Å². The highest BCUT2D eigenvalue weighted by Gasteiger charge is 2.22. The van der Waals surface area contributed by atoms with E-state index in [1.807, 2.05) is 5.38 Å². The van der Waals surface area contributed by atoms with Crippen LogP contribution in [0.5, 0.6) is 0 Å². The summed E-state index contributed by atoms with van der Waals surface area (Å²) in [6.45, 7) is 6.74. The molecular weight excluding hydrogens is 326 g/mol. The molecule has 1 saturated heterocycles. The first-order valence-corrected chi connectivity index (χ1v) is 8.81. The maximum absolute atomic E-state index is 11.9. The maximum Gasteiger partial charge on any atom is 0.250 e. The zero-order chi connectivity index (χ0) is 16.9. The molecule has 2 unspecified atom stereocenters. The van der Waals surface area contributed by atoms with E-state index in [-0.39, 0.29) is 18.1 Å². The monoisotopic (exact) mass is 347 g/mol. The first-order chi connectivity index (χ1) is 11.6. The number of nitrogens with zero attached hydrogens (tertiary/aromatic N) is 2. The third-order valence-electron chi connectivity index (χ3n) is 3.60. The third-order valence-corrected chi connectivity index (χ3v) is 4.41. The second kappa shape index (κ2) is 7.74. The van der Waals surface area contributed by atoms with Crippen LogP contribution in [0.2, 0.25) is 0 Å². The number of carbonyl (C=O) groups excluding carboxylic acids is 1. The zero-order valence-corrected chi connectivity index (χ0v) is 14.6. The number of anilines is 1. The van der Waals surface area contributed by atoms with Gasteiger partial charge >= 0.3 is 0 Å². The number of furan rings is 1. The molecule has 0 spiro atoms. The lowest BCUT2D eigenvalue weighted by atomic mass is 10.2. The molecule has 0 aromatic carbocycles. The summed E-state index contributed by atoms with van der Waals surface area (Å²) in [7, 11) is 0. The van der Waals surface area contributed by atoms with Crippen molar-refractivity contribution in [3.8, 4) is 0 Å². The number of amides is 1. The van der Waals surface area contributed by atoms with Crippen molar-refractivity contribution in [3.63, 3.8) is 0 Å². The number of carbonyl (C=O) groups is 1. The van der Waals surface area contributed by atoms with E-state index >= 15 is 0 Å². The van der Waals surface area contributed by atoms with Crippen LogP contribution in [-0.4, -0.2) is 41.1 Å². The van der Waals surface area contributed by atoms with Crippen molar-refractivity contribution in [1.29, 1.82) is 0 Å². The largest absolute Gasteiger partial charge is 0.465 e. The molecule has 0 radical (unpaired) electrons. The fourth-order valence-corrected chi connectivity index (χ4v) is 3.47. The van der Waals surface area contributed by atoms with Crippen LogP contribution in [0, 0.1) is 0 Å². The van der Waals surface area contributed by atoms with Crippen molar-refractivity contribution in [2.75, 3.05) is 18.4 Å². The molecule has 3 heterocycles. The Morgan fingerprint density at radius 1 is 1.46 bits per heavy atom. The quantitative estimate of drug-likeness (QED) is 0.842. The molecule has 2 aromatic rings. The van der Waals surface area contributed by atoms with Crippen molar-refractivity contribution >= 4 is 28.5 Å². The Labute approximate surface area is 145 Å². The van der Waals surface area contributed by atoms with Gasteiger partial charge in [0.1, 0.15) is 5.76 Å². The fraction of sp³-hybridized carbons (Fsp3) is 0.412. The van der Waals surface area contributed by atoms with E-state index < -0.39 is 0 Å². The summed E-state index contributed by atoms with van der Waals surface area (Å²) in [5.41, 5.74) is 0.964. The Hall–Kier alpha value is -1.96. The second-order valence-corrected chi connectivity index (χ2v) is 6.79. The number of thiazole rings is 1. The van der Waals surface area contributed by atoms with Gasteiger partial charge in [0, 0.05) is 31.1 Å². The van der Waals surface area contributed by atoms with Gasteiger partial charge in [0.05, 0.1) is 24.2 Å². The van der Waals surface area contributed by atoms with E-state index in [1.165, 1.54) is 17.4 Å². The lowest BCUT2D eigenvalue weighted by molar-refractivity contribution is -0.111. The van der Waals surface area contributed by atoms with Crippen LogP contribution in [0.25, 0.3) is 6.08 Å². The van der Waals surface area contributed by atoms with Gasteiger partial charge in [0.15, 0.2) is 5.13 Å². The summed E-state index contributed by atoms with van der Waals surface area (Å²) in [6.07, 6.45) is 5.10. The van der Waals surface area contributed by atoms with Gasteiger partial charge in [0.2, 0.25) is 5.91 Å². The molecule has 0 bridgehead atoms. The topological polar surface area (TPSA) is 67.6 Å². The third kappa shape index (κ3) is 4.77. The predicted octanol–water partition coefficient (Wildman–Crippen LogP) is 3.00. The van der Waals surface area contributed by atoms with Crippen LogP contribution in [0.15, 0.2) is 34.3 Å². The van der Waals surface area contributed by atoms with Crippen molar-refractivity contribution in [1.82, 2.24) is 9.88 Å². The minimum atomic E-state index is -0.221. The number of nitrogens with one attached hydrogen (secondary N) is 1. The minimum Gasteiger partial charge on any atom is -0.465 e. The van der Waals surface area contributed by atoms with Gasteiger partial charge in [-0.15, -0.1) is 11.3 Å². The normalized spacial score (nSPS) is 22.1. The average Bonchev–Trinajstić information content (AvgIpc) is 3.16. The lowest BCUT2D eigenvalue weighted by Gasteiger charge is -2.34. The summed E-state index contributed by atoms with van der Waals surface area (Å²) < 4.78 is 10.9. The van der Waals surface area contributed by atoms with E-state index in [0.29, 0.717) is 10.9 Å². The Balaban J connectivity index is 1.52. The molecule has 128 valence electrons. The fourth-order valence-electron chi connectivity index (χ4n) is 2.77. The van der Waals surface area contributed by atoms with Crippen LogP contribution in [0.3, 0.4) is 0 Å². The number of aromatic nitrogens is 1. The Morgan fingerprint density at radius 2 is 2.25 bits per heavy atom. The molecule has 24 heavy (non-hydrogen) atoms. The number of hydrogen-bond donors (Lipinski definition) is 1. The second-order valence-electron chi connectivity index (χ2n) is 5.93. The van der Waals surface area contributed by atoms with Crippen LogP contribution < -0.4 is 5.32 Å². The van der Waals surface area contributed by atoms with E-state index in [1.54, 1.807) is 24.5 Å². The first kappa shape index (κ1) is 16.9. The summed E-state index contributed by atoms with van der Waals surface area (Å²) >= 11 is 1.43. The molecule has 1 N–H and O–H groups in total. The number of morpholine rings is 1. The van der Waals surface area contributed by atoms with E-state index in [4.69, 9.17) is 9.15 Å². The van der Waals surface area contributed by atoms with E-state index in [2.05, 4.69) is 29.0 Å². The van der Waals surface area contributed by atoms with E-state index in [0.717, 1.165) is 25.3 Å². The number of hydrogen-bond acceptors (Lipinski definition) is 6. The van der Waals surface area contributed by atoms with Crippen molar-refractivity contribution in [2.45, 2.75) is 32.6 Å². The summed E-state index contributed by atoms with van der Waals surface area (Å²) in [4.78, 5) is 18.7. The summed E-state index contributed by atoms with van der Waals surface area (Å²) in [5.74, 6) is 0.418. The van der Waals surface area contributed by atoms with E-state index in [9.17, 15) is 4.79 Å². The SMILES string of the molecule is CC1CN(Cc2csc(NC(=O)C=Cc3ccco3)n2)CC(C)O1. The molecule has 2 aromatic heterocycles. The summed E-state index contributed by atoms with van der Waals surface area (Å²) in [6, 6.07) is 3.56. The number of rotatable bonds is 5. The van der Waals surface area contributed by atoms with Crippen LogP contribution >= 0.6 is 11.3 Å². The summed E-state index contributed by atoms with van der Waals surface area (Å²) in [5, 5.41) is 5.36. The van der Waals surface area contributed by atoms with Crippen LogP contribution in [0.4, 0.5) is 5.13 Å². The Morgan fingerprint density at radius 3 is 2.96 bits per heavy atom. The van der Waals surface area contributed by atoms with Gasteiger partial charge in [-0.2, -0.15) is 0 Å². The Bertz CT molecular complexity index is 686. The standard InChI is InChI=1S/C17H21N3O3S/c1-12-8-20(9-13(2)23-12)10-14-11-24-17(18-14)19-16(21)6-5-15-4-3-7-22-15/h3-7,11-13H,8-10H2,1-2H3,(H,18,19,21). The molecule has 1 fully saturated rings. The molecule has 1 aliphatic rings. The molecule has 1 aliphatic heterocycles.